The molecule has 0 rings (SSSR count). The zero-order valence-electron chi connectivity index (χ0n) is 8.50. The second-order valence-corrected chi connectivity index (χ2v) is 4.08. The predicted octanol–water partition coefficient (Wildman–Crippen LogP) is 0.604. The van der Waals surface area contributed by atoms with Crippen molar-refractivity contribution in [1.82, 2.24) is 0 Å². The largest absolute Gasteiger partial charge is 0.364 e. The molecule has 0 saturated carbocycles. The monoisotopic (exact) mass is 174 g/mol. The highest BCUT2D eigenvalue weighted by molar-refractivity contribution is 4.91. The summed E-state index contributed by atoms with van der Waals surface area (Å²) < 4.78 is 5.96. The summed E-state index contributed by atoms with van der Waals surface area (Å²) in [6, 6.07) is 0. The van der Waals surface area contributed by atoms with E-state index in [1.807, 2.05) is 0 Å². The summed E-state index contributed by atoms with van der Waals surface area (Å²) in [5.41, 5.74) is 0.649. The van der Waals surface area contributed by atoms with E-state index in [1.54, 1.807) is 6.92 Å². The van der Waals surface area contributed by atoms with E-state index in [2.05, 4.69) is 27.7 Å². The molecule has 0 aliphatic rings. The maximum atomic E-state index is 9.19. The van der Waals surface area contributed by atoms with E-state index in [4.69, 9.17) is 4.74 Å². The Bertz CT molecular complexity index is 149. The van der Waals surface area contributed by atoms with Crippen molar-refractivity contribution in [2.24, 2.45) is 0 Å². The van der Waals surface area contributed by atoms with Crippen LogP contribution in [0.2, 0.25) is 0 Å². The molecular weight excluding hydrogens is 154 g/mol. The predicted molar refractivity (Wildman–Crippen MR) is 49.7 cm³/mol. The van der Waals surface area contributed by atoms with Gasteiger partial charge in [0.15, 0.2) is 6.29 Å². The van der Waals surface area contributed by atoms with Crippen molar-refractivity contribution in [1.29, 1.82) is 0 Å². The van der Waals surface area contributed by atoms with Gasteiger partial charge in [-0.2, -0.15) is 0 Å². The second-order valence-electron chi connectivity index (χ2n) is 4.08. The molecule has 0 aliphatic carbocycles. The molecule has 72 valence electrons. The molecule has 0 aromatic heterocycles. The van der Waals surface area contributed by atoms with Crippen LogP contribution in [0.1, 0.15) is 6.92 Å². The zero-order valence-corrected chi connectivity index (χ0v) is 8.50. The molecule has 0 aromatic carbocycles. The van der Waals surface area contributed by atoms with E-state index in [0.29, 0.717) is 12.2 Å². The van der Waals surface area contributed by atoms with Gasteiger partial charge in [0.05, 0.1) is 27.7 Å². The number of aliphatic hydroxyl groups is 1. The number of hydrogen-bond donors (Lipinski definition) is 1. The van der Waals surface area contributed by atoms with Crippen molar-refractivity contribution in [2.45, 2.75) is 13.2 Å². The lowest BCUT2D eigenvalue weighted by molar-refractivity contribution is -0.870. The minimum Gasteiger partial charge on any atom is -0.364 e. The Morgan fingerprint density at radius 2 is 2.00 bits per heavy atom. The number of hydrogen-bond acceptors (Lipinski definition) is 2. The topological polar surface area (TPSA) is 29.5 Å². The zero-order chi connectivity index (χ0) is 9.78. The average Bonchev–Trinajstić information content (AvgIpc) is 1.84. The Labute approximate surface area is 74.8 Å². The molecule has 12 heavy (non-hydrogen) atoms. The van der Waals surface area contributed by atoms with Gasteiger partial charge in [-0.15, -0.1) is 0 Å². The highest BCUT2D eigenvalue weighted by Crippen LogP contribution is 1.99. The lowest BCUT2D eigenvalue weighted by Crippen LogP contribution is -2.38. The Kier molecular flexibility index (Phi) is 4.45. The summed E-state index contributed by atoms with van der Waals surface area (Å²) in [5, 5.41) is 9.19. The lowest BCUT2D eigenvalue weighted by atomic mass is 10.3. The molecule has 0 saturated heterocycles. The molecule has 0 heterocycles. The van der Waals surface area contributed by atoms with Gasteiger partial charge in [0, 0.05) is 0 Å². The standard InChI is InChI=1S/C9H20NO2/c1-8(2)9(11)12-7-6-10(3,4)5/h9,11H,1,6-7H2,2-5H3/q+1. The molecule has 0 aliphatic heterocycles. The maximum absolute atomic E-state index is 9.19. The summed E-state index contributed by atoms with van der Waals surface area (Å²) in [7, 11) is 6.24. The summed E-state index contributed by atoms with van der Waals surface area (Å²) in [6.07, 6.45) is -0.809. The number of aliphatic hydroxyl groups excluding tert-OH is 1. The summed E-state index contributed by atoms with van der Waals surface area (Å²) in [6.45, 7) is 6.77. The molecule has 0 aromatic rings. The normalized spacial score (nSPS) is 14.4. The molecule has 0 fully saturated rings. The lowest BCUT2D eigenvalue weighted by Gasteiger charge is -2.24. The fourth-order valence-corrected chi connectivity index (χ4v) is 0.580. The van der Waals surface area contributed by atoms with E-state index in [-0.39, 0.29) is 0 Å². The van der Waals surface area contributed by atoms with Gasteiger partial charge in [-0.3, -0.25) is 0 Å². The highest BCUT2D eigenvalue weighted by atomic mass is 16.6. The first-order chi connectivity index (χ1) is 5.33. The molecule has 0 spiro atoms. The van der Waals surface area contributed by atoms with Crippen LogP contribution in [0.15, 0.2) is 12.2 Å². The Hall–Kier alpha value is -0.380. The smallest absolute Gasteiger partial charge is 0.176 e. The van der Waals surface area contributed by atoms with E-state index >= 15 is 0 Å². The number of likely N-dealkylation sites (N-methyl/N-ethyl adjacent to an activating group) is 1. The van der Waals surface area contributed by atoms with Crippen molar-refractivity contribution < 1.29 is 14.3 Å². The van der Waals surface area contributed by atoms with E-state index in [0.717, 1.165) is 11.0 Å². The van der Waals surface area contributed by atoms with Crippen LogP contribution in [-0.2, 0) is 4.74 Å². The number of nitrogens with zero attached hydrogens (tertiary/aromatic N) is 1. The summed E-state index contributed by atoms with van der Waals surface area (Å²) in [5.74, 6) is 0. The molecule has 0 radical (unpaired) electrons. The fraction of sp³-hybridized carbons (Fsp3) is 0.778. The van der Waals surface area contributed by atoms with Gasteiger partial charge in [0.2, 0.25) is 0 Å². The first-order valence-corrected chi connectivity index (χ1v) is 4.08. The minimum atomic E-state index is -0.809. The summed E-state index contributed by atoms with van der Waals surface area (Å²) >= 11 is 0. The second kappa shape index (κ2) is 4.60. The molecular formula is C9H20NO2+. The van der Waals surface area contributed by atoms with Gasteiger partial charge in [-0.1, -0.05) is 6.58 Å². The number of quaternary nitrogens is 1. The average molecular weight is 174 g/mol. The Balaban J connectivity index is 3.51. The van der Waals surface area contributed by atoms with E-state index < -0.39 is 6.29 Å². The first kappa shape index (κ1) is 11.6. The minimum absolute atomic E-state index is 0.553. The molecule has 1 atom stereocenters. The van der Waals surface area contributed by atoms with Gasteiger partial charge >= 0.3 is 0 Å². The Morgan fingerprint density at radius 1 is 1.50 bits per heavy atom. The maximum Gasteiger partial charge on any atom is 0.176 e. The number of ether oxygens (including phenoxy) is 1. The van der Waals surface area contributed by atoms with Gasteiger partial charge in [0.25, 0.3) is 0 Å². The van der Waals surface area contributed by atoms with Crippen LogP contribution in [0.3, 0.4) is 0 Å². The third-order valence-electron chi connectivity index (χ3n) is 1.46. The van der Waals surface area contributed by atoms with Gasteiger partial charge in [-0.05, 0) is 12.5 Å². The van der Waals surface area contributed by atoms with Crippen molar-refractivity contribution in [3.63, 3.8) is 0 Å². The van der Waals surface area contributed by atoms with Gasteiger partial charge in [0.1, 0.15) is 6.54 Å². The quantitative estimate of drug-likeness (QED) is 0.376. The molecule has 3 heteroatoms. The molecule has 3 nitrogen and oxygen atoms in total. The first-order valence-electron chi connectivity index (χ1n) is 4.08. The Morgan fingerprint density at radius 3 is 2.33 bits per heavy atom. The van der Waals surface area contributed by atoms with Crippen molar-refractivity contribution in [3.8, 4) is 0 Å². The third-order valence-corrected chi connectivity index (χ3v) is 1.46. The van der Waals surface area contributed by atoms with Crippen molar-refractivity contribution in [3.05, 3.63) is 12.2 Å². The van der Waals surface area contributed by atoms with E-state index in [9.17, 15) is 5.11 Å². The van der Waals surface area contributed by atoms with Crippen LogP contribution in [0.5, 0.6) is 0 Å². The molecule has 0 bridgehead atoms. The molecule has 0 amide bonds. The van der Waals surface area contributed by atoms with Crippen LogP contribution in [-0.4, -0.2) is 50.2 Å². The van der Waals surface area contributed by atoms with Crippen LogP contribution in [0.4, 0.5) is 0 Å². The van der Waals surface area contributed by atoms with Crippen molar-refractivity contribution in [2.75, 3.05) is 34.3 Å². The van der Waals surface area contributed by atoms with E-state index in [1.165, 1.54) is 0 Å². The SMILES string of the molecule is C=C(C)C(O)OCC[N+](C)(C)C. The van der Waals surface area contributed by atoms with Gasteiger partial charge in [-0.25, -0.2) is 0 Å². The van der Waals surface area contributed by atoms with Crippen molar-refractivity contribution >= 4 is 0 Å². The van der Waals surface area contributed by atoms with Gasteiger partial charge < -0.3 is 14.3 Å². The van der Waals surface area contributed by atoms with Crippen LogP contribution < -0.4 is 0 Å². The van der Waals surface area contributed by atoms with Crippen LogP contribution in [0, 0.1) is 0 Å². The van der Waals surface area contributed by atoms with Crippen LogP contribution in [0.25, 0.3) is 0 Å². The molecule has 1 N–H and O–H groups in total. The third kappa shape index (κ3) is 6.34. The van der Waals surface area contributed by atoms with Crippen LogP contribution >= 0.6 is 0 Å². The number of rotatable bonds is 5. The fourth-order valence-electron chi connectivity index (χ4n) is 0.580. The summed E-state index contributed by atoms with van der Waals surface area (Å²) in [4.78, 5) is 0. The molecule has 1 unspecified atom stereocenters. The highest BCUT2D eigenvalue weighted by Gasteiger charge is 2.09.